The van der Waals surface area contributed by atoms with Crippen molar-refractivity contribution in [2.75, 3.05) is 29.5 Å². The van der Waals surface area contributed by atoms with Crippen LogP contribution in [0.15, 0.2) is 33.7 Å². The maximum atomic E-state index is 14.5. The van der Waals surface area contributed by atoms with Gasteiger partial charge in [0.05, 0.1) is 29.0 Å². The fourth-order valence-corrected chi connectivity index (χ4v) is 3.92. The number of sulfone groups is 1. The molecule has 1 fully saturated rings. The summed E-state index contributed by atoms with van der Waals surface area (Å²) in [6.07, 6.45) is 1.39. The first-order valence-electron chi connectivity index (χ1n) is 7.96. The zero-order chi connectivity index (χ0) is 18.9. The molecule has 1 aromatic heterocycles. The Bertz CT molecular complexity index is 982. The summed E-state index contributed by atoms with van der Waals surface area (Å²) in [4.78, 5) is 24.5. The number of anilines is 1. The second-order valence-electron chi connectivity index (χ2n) is 6.03. The Morgan fingerprint density at radius 3 is 2.62 bits per heavy atom. The number of benzene rings is 1. The number of halogens is 1. The van der Waals surface area contributed by atoms with E-state index in [1.807, 2.05) is 0 Å². The van der Waals surface area contributed by atoms with Gasteiger partial charge in [-0.15, -0.1) is 0 Å². The van der Waals surface area contributed by atoms with Gasteiger partial charge in [-0.2, -0.15) is 4.74 Å². The van der Waals surface area contributed by atoms with Gasteiger partial charge in [0.15, 0.2) is 9.84 Å². The third-order valence-corrected chi connectivity index (χ3v) is 5.73. The molecule has 140 valence electrons. The topological polar surface area (TPSA) is 102 Å². The number of nitrogens with zero attached hydrogens (tertiary/aromatic N) is 2. The van der Waals surface area contributed by atoms with E-state index >= 15 is 0 Å². The Hall–Kier alpha value is -2.62. The van der Waals surface area contributed by atoms with Crippen molar-refractivity contribution in [2.24, 2.45) is 0 Å². The van der Waals surface area contributed by atoms with Crippen molar-refractivity contribution in [3.8, 4) is 11.1 Å². The van der Waals surface area contributed by atoms with E-state index < -0.39 is 21.3 Å². The van der Waals surface area contributed by atoms with Gasteiger partial charge in [0, 0.05) is 20.0 Å². The van der Waals surface area contributed by atoms with Crippen molar-refractivity contribution in [3.63, 3.8) is 0 Å². The third kappa shape index (κ3) is 3.96. The van der Waals surface area contributed by atoms with Gasteiger partial charge in [-0.25, -0.2) is 17.6 Å². The number of hydrogen-bond donors (Lipinski definition) is 1. The van der Waals surface area contributed by atoms with Crippen molar-refractivity contribution < 1.29 is 22.1 Å². The van der Waals surface area contributed by atoms with Crippen LogP contribution < -0.4 is 15.8 Å². The molecule has 8 nitrogen and oxygen atoms in total. The molecule has 1 aliphatic heterocycles. The number of carbonyl (C=O) groups excluding carboxylic acids is 1. The largest absolute Gasteiger partial charge is 0.367 e. The number of nitrogens with one attached hydrogen (secondary N) is 1. The number of aromatic nitrogens is 1. The SMILES string of the molecule is CC(=O)NCn1cc(-c2ccc(N3CCS(=O)(=O)CC3)c(F)c2)c(=O)o1. The predicted molar refractivity (Wildman–Crippen MR) is 93.0 cm³/mol. The summed E-state index contributed by atoms with van der Waals surface area (Å²) < 4.78 is 43.6. The first-order valence-corrected chi connectivity index (χ1v) is 9.78. The molecule has 0 unspecified atom stereocenters. The number of amides is 1. The lowest BCUT2D eigenvalue weighted by Crippen LogP contribution is -2.40. The second-order valence-corrected chi connectivity index (χ2v) is 8.34. The standard InChI is InChI=1S/C16H18FN3O5S/c1-11(21)18-10-20-9-13(16(22)25-20)12-2-3-15(14(17)8-12)19-4-6-26(23,24)7-5-19/h2-3,8-9H,4-7,10H2,1H3,(H,18,21). The van der Waals surface area contributed by atoms with Crippen molar-refractivity contribution in [1.29, 1.82) is 0 Å². The molecule has 2 aromatic rings. The summed E-state index contributed by atoms with van der Waals surface area (Å²) >= 11 is 0. The van der Waals surface area contributed by atoms with E-state index in [1.54, 1.807) is 11.0 Å². The molecular weight excluding hydrogens is 365 g/mol. The molecule has 0 aliphatic carbocycles. The Kier molecular flexibility index (Phi) is 4.86. The molecule has 2 heterocycles. The molecule has 1 N–H and O–H groups in total. The lowest BCUT2D eigenvalue weighted by molar-refractivity contribution is -0.119. The average molecular weight is 383 g/mol. The summed E-state index contributed by atoms with van der Waals surface area (Å²) in [5, 5.41) is 2.49. The highest BCUT2D eigenvalue weighted by molar-refractivity contribution is 7.91. The fraction of sp³-hybridized carbons (Fsp3) is 0.375. The molecule has 1 aromatic carbocycles. The van der Waals surface area contributed by atoms with Gasteiger partial charge < -0.3 is 14.7 Å². The normalized spacial score (nSPS) is 16.5. The van der Waals surface area contributed by atoms with Gasteiger partial charge >= 0.3 is 5.63 Å². The molecule has 1 aliphatic rings. The molecule has 26 heavy (non-hydrogen) atoms. The summed E-state index contributed by atoms with van der Waals surface area (Å²) in [5.41, 5.74) is 0.158. The van der Waals surface area contributed by atoms with Gasteiger partial charge in [0.25, 0.3) is 0 Å². The molecule has 0 bridgehead atoms. The summed E-state index contributed by atoms with van der Waals surface area (Å²) in [6, 6.07) is 4.32. The lowest BCUT2D eigenvalue weighted by Gasteiger charge is -2.29. The minimum atomic E-state index is -3.05. The van der Waals surface area contributed by atoms with Crippen LogP contribution in [0.25, 0.3) is 11.1 Å². The van der Waals surface area contributed by atoms with E-state index in [9.17, 15) is 22.4 Å². The Morgan fingerprint density at radius 1 is 1.31 bits per heavy atom. The van der Waals surface area contributed by atoms with Crippen molar-refractivity contribution >= 4 is 21.4 Å². The molecule has 0 atom stereocenters. The van der Waals surface area contributed by atoms with E-state index in [0.29, 0.717) is 11.3 Å². The van der Waals surface area contributed by atoms with E-state index in [2.05, 4.69) is 5.32 Å². The molecule has 1 amide bonds. The van der Waals surface area contributed by atoms with E-state index in [1.165, 1.54) is 25.3 Å². The zero-order valence-corrected chi connectivity index (χ0v) is 14.9. The molecular formula is C16H18FN3O5S. The number of hydrogen-bond acceptors (Lipinski definition) is 6. The maximum Gasteiger partial charge on any atom is 0.365 e. The van der Waals surface area contributed by atoms with Crippen LogP contribution in [0.4, 0.5) is 10.1 Å². The molecule has 0 spiro atoms. The van der Waals surface area contributed by atoms with Crippen LogP contribution in [-0.4, -0.2) is 43.7 Å². The van der Waals surface area contributed by atoms with Crippen LogP contribution >= 0.6 is 0 Å². The number of rotatable bonds is 4. The van der Waals surface area contributed by atoms with Crippen LogP contribution in [0.3, 0.4) is 0 Å². The van der Waals surface area contributed by atoms with Gasteiger partial charge in [0.1, 0.15) is 12.5 Å². The Morgan fingerprint density at radius 2 is 2.00 bits per heavy atom. The van der Waals surface area contributed by atoms with Crippen LogP contribution in [0, 0.1) is 5.82 Å². The summed E-state index contributed by atoms with van der Waals surface area (Å²) in [7, 11) is -3.05. The first kappa shape index (κ1) is 18.2. The minimum absolute atomic E-state index is 0.00656. The van der Waals surface area contributed by atoms with Gasteiger partial charge in [-0.3, -0.25) is 4.79 Å². The zero-order valence-electron chi connectivity index (χ0n) is 14.1. The summed E-state index contributed by atoms with van der Waals surface area (Å²) in [5.74, 6) is -0.842. The maximum absolute atomic E-state index is 14.5. The Labute approximate surface area is 149 Å². The monoisotopic (exact) mass is 383 g/mol. The molecule has 0 saturated carbocycles. The quantitative estimate of drug-likeness (QED) is 0.829. The first-order chi connectivity index (χ1) is 12.2. The van der Waals surface area contributed by atoms with E-state index in [4.69, 9.17) is 4.52 Å². The van der Waals surface area contributed by atoms with Gasteiger partial charge in [-0.1, -0.05) is 6.07 Å². The summed E-state index contributed by atoms with van der Waals surface area (Å²) in [6.45, 7) is 1.79. The molecule has 10 heteroatoms. The van der Waals surface area contributed by atoms with Gasteiger partial charge in [0.2, 0.25) is 5.91 Å². The molecule has 1 saturated heterocycles. The highest BCUT2D eigenvalue weighted by atomic mass is 32.2. The third-order valence-electron chi connectivity index (χ3n) is 4.12. The fourth-order valence-electron chi connectivity index (χ4n) is 2.72. The molecule has 3 rings (SSSR count). The highest BCUT2D eigenvalue weighted by Gasteiger charge is 2.24. The van der Waals surface area contributed by atoms with Crippen LogP contribution in [-0.2, 0) is 21.3 Å². The Balaban J connectivity index is 1.82. The second kappa shape index (κ2) is 6.94. The van der Waals surface area contributed by atoms with Crippen molar-refractivity contribution in [3.05, 3.63) is 40.6 Å². The number of carbonyl (C=O) groups is 1. The van der Waals surface area contributed by atoms with Gasteiger partial charge in [-0.05, 0) is 17.7 Å². The van der Waals surface area contributed by atoms with E-state index in [0.717, 1.165) is 4.74 Å². The predicted octanol–water partition coefficient (Wildman–Crippen LogP) is 0.576. The van der Waals surface area contributed by atoms with Crippen LogP contribution in [0.1, 0.15) is 6.92 Å². The smallest absolute Gasteiger partial charge is 0.365 e. The minimum Gasteiger partial charge on any atom is -0.367 e. The van der Waals surface area contributed by atoms with Crippen LogP contribution in [0.5, 0.6) is 0 Å². The highest BCUT2D eigenvalue weighted by Crippen LogP contribution is 2.26. The molecule has 0 radical (unpaired) electrons. The van der Waals surface area contributed by atoms with Crippen molar-refractivity contribution in [1.82, 2.24) is 10.1 Å². The lowest BCUT2D eigenvalue weighted by atomic mass is 10.1. The average Bonchev–Trinajstić information content (AvgIpc) is 2.94. The van der Waals surface area contributed by atoms with Crippen molar-refractivity contribution in [2.45, 2.75) is 13.6 Å². The van der Waals surface area contributed by atoms with Crippen LogP contribution in [0.2, 0.25) is 0 Å². The van der Waals surface area contributed by atoms with E-state index in [-0.39, 0.29) is 42.7 Å².